The fraction of sp³-hybridized carbons (Fsp3) is 0.308. The second-order valence-electron chi connectivity index (χ2n) is 4.59. The van der Waals surface area contributed by atoms with E-state index in [2.05, 4.69) is 21.0 Å². The summed E-state index contributed by atoms with van der Waals surface area (Å²) in [7, 11) is 5.64. The smallest absolute Gasteiger partial charge is 0.236 e. The summed E-state index contributed by atoms with van der Waals surface area (Å²) in [5.41, 5.74) is 7.92. The second-order valence-corrected chi connectivity index (χ2v) is 4.59. The monoisotopic (exact) mass is 258 g/mol. The number of hydrogen-bond acceptors (Lipinski definition) is 6. The van der Waals surface area contributed by atoms with Crippen LogP contribution in [0.25, 0.3) is 0 Å². The number of rotatable bonds is 3. The molecule has 1 aromatic heterocycles. The normalized spacial score (nSPS) is 10.3. The molecule has 0 saturated carbocycles. The lowest BCUT2D eigenvalue weighted by Gasteiger charge is -2.19. The molecule has 2 aromatic rings. The largest absolute Gasteiger partial charge is 0.368 e. The van der Waals surface area contributed by atoms with Crippen molar-refractivity contribution in [2.24, 2.45) is 0 Å². The Morgan fingerprint density at radius 1 is 1.00 bits per heavy atom. The summed E-state index contributed by atoms with van der Waals surface area (Å²) >= 11 is 0. The van der Waals surface area contributed by atoms with Gasteiger partial charge in [0.05, 0.1) is 0 Å². The molecular weight excluding hydrogens is 240 g/mol. The predicted molar refractivity (Wildman–Crippen MR) is 77.8 cm³/mol. The third-order valence-corrected chi connectivity index (χ3v) is 2.72. The third kappa shape index (κ3) is 2.90. The zero-order valence-electron chi connectivity index (χ0n) is 11.6. The van der Waals surface area contributed by atoms with Gasteiger partial charge >= 0.3 is 0 Å². The van der Waals surface area contributed by atoms with Crippen LogP contribution in [0.5, 0.6) is 0 Å². The minimum atomic E-state index is 0.216. The summed E-state index contributed by atoms with van der Waals surface area (Å²) in [6, 6.07) is 8.11. The number of aryl methyl sites for hydroxylation is 1. The van der Waals surface area contributed by atoms with Gasteiger partial charge in [0.2, 0.25) is 17.8 Å². The maximum Gasteiger partial charge on any atom is 0.236 e. The number of nitrogens with zero attached hydrogens (tertiary/aromatic N) is 5. The molecule has 0 saturated heterocycles. The first-order chi connectivity index (χ1) is 8.97. The molecule has 6 nitrogen and oxygen atoms in total. The summed E-state index contributed by atoms with van der Waals surface area (Å²) in [6.07, 6.45) is 0. The highest BCUT2D eigenvalue weighted by Crippen LogP contribution is 2.22. The van der Waals surface area contributed by atoms with Crippen molar-refractivity contribution in [3.05, 3.63) is 29.8 Å². The Balaban J connectivity index is 2.41. The molecule has 0 bridgehead atoms. The highest BCUT2D eigenvalue weighted by Gasteiger charge is 2.11. The SMILES string of the molecule is Cc1cccc(N(C)c2nc(N)nc(N(C)C)n2)c1. The van der Waals surface area contributed by atoms with Crippen LogP contribution < -0.4 is 15.5 Å². The zero-order valence-corrected chi connectivity index (χ0v) is 11.6. The Bertz CT molecular complexity index is 581. The lowest BCUT2D eigenvalue weighted by atomic mass is 10.2. The molecule has 0 spiro atoms. The molecule has 0 aliphatic rings. The Labute approximate surface area is 112 Å². The fourth-order valence-electron chi connectivity index (χ4n) is 1.67. The first-order valence-electron chi connectivity index (χ1n) is 5.96. The van der Waals surface area contributed by atoms with E-state index in [1.165, 1.54) is 5.56 Å². The molecule has 2 N–H and O–H groups in total. The van der Waals surface area contributed by atoms with Gasteiger partial charge < -0.3 is 15.5 Å². The first kappa shape index (κ1) is 13.1. The van der Waals surface area contributed by atoms with Gasteiger partial charge in [-0.25, -0.2) is 0 Å². The number of anilines is 4. The number of nitrogens with two attached hydrogens (primary N) is 1. The van der Waals surface area contributed by atoms with Gasteiger partial charge in [-0.3, -0.25) is 0 Å². The van der Waals surface area contributed by atoms with Crippen LogP contribution in [-0.2, 0) is 0 Å². The Morgan fingerprint density at radius 3 is 2.32 bits per heavy atom. The first-order valence-corrected chi connectivity index (χ1v) is 5.96. The molecule has 0 aliphatic carbocycles. The molecular formula is C13H18N6. The van der Waals surface area contributed by atoms with Crippen molar-refractivity contribution >= 4 is 23.5 Å². The maximum absolute atomic E-state index is 5.73. The van der Waals surface area contributed by atoms with E-state index in [0.717, 1.165) is 5.69 Å². The molecule has 0 amide bonds. The predicted octanol–water partition coefficient (Wildman–Crippen LogP) is 1.60. The highest BCUT2D eigenvalue weighted by atomic mass is 15.3. The number of benzene rings is 1. The van der Waals surface area contributed by atoms with E-state index in [0.29, 0.717) is 11.9 Å². The van der Waals surface area contributed by atoms with E-state index < -0.39 is 0 Å². The molecule has 100 valence electrons. The third-order valence-electron chi connectivity index (χ3n) is 2.72. The van der Waals surface area contributed by atoms with Crippen molar-refractivity contribution in [1.82, 2.24) is 15.0 Å². The molecule has 6 heteroatoms. The van der Waals surface area contributed by atoms with Gasteiger partial charge in [-0.2, -0.15) is 15.0 Å². The van der Waals surface area contributed by atoms with Crippen LogP contribution in [-0.4, -0.2) is 36.1 Å². The summed E-state index contributed by atoms with van der Waals surface area (Å²) in [6.45, 7) is 2.05. The standard InChI is InChI=1S/C13H18N6/c1-9-6-5-7-10(8-9)19(4)13-16-11(14)15-12(17-13)18(2)3/h5-8H,1-4H3,(H2,14,15,16,17). The summed E-state index contributed by atoms with van der Waals surface area (Å²) in [5, 5.41) is 0. The molecule has 0 unspecified atom stereocenters. The summed E-state index contributed by atoms with van der Waals surface area (Å²) < 4.78 is 0. The molecule has 19 heavy (non-hydrogen) atoms. The number of hydrogen-bond donors (Lipinski definition) is 1. The second kappa shape index (κ2) is 5.09. The quantitative estimate of drug-likeness (QED) is 0.901. The molecule has 0 atom stereocenters. The van der Waals surface area contributed by atoms with Crippen LogP contribution in [0, 0.1) is 6.92 Å². The average Bonchev–Trinajstić information content (AvgIpc) is 2.37. The maximum atomic E-state index is 5.73. The van der Waals surface area contributed by atoms with Crippen LogP contribution in [0.1, 0.15) is 5.56 Å². The van der Waals surface area contributed by atoms with Crippen molar-refractivity contribution in [3.63, 3.8) is 0 Å². The van der Waals surface area contributed by atoms with Gasteiger partial charge in [0.15, 0.2) is 0 Å². The van der Waals surface area contributed by atoms with E-state index in [1.807, 2.05) is 51.2 Å². The zero-order chi connectivity index (χ0) is 14.0. The summed E-state index contributed by atoms with van der Waals surface area (Å²) in [4.78, 5) is 16.3. The molecule has 0 aliphatic heterocycles. The van der Waals surface area contributed by atoms with Crippen LogP contribution >= 0.6 is 0 Å². The van der Waals surface area contributed by atoms with Crippen molar-refractivity contribution in [3.8, 4) is 0 Å². The topological polar surface area (TPSA) is 71.2 Å². The van der Waals surface area contributed by atoms with E-state index >= 15 is 0 Å². The lowest BCUT2D eigenvalue weighted by molar-refractivity contribution is 0.939. The van der Waals surface area contributed by atoms with Gasteiger partial charge in [-0.1, -0.05) is 12.1 Å². The van der Waals surface area contributed by atoms with E-state index in [-0.39, 0.29) is 5.95 Å². The van der Waals surface area contributed by atoms with Gasteiger partial charge in [-0.05, 0) is 24.6 Å². The number of nitrogen functional groups attached to an aromatic ring is 1. The molecule has 0 fully saturated rings. The lowest BCUT2D eigenvalue weighted by Crippen LogP contribution is -2.19. The van der Waals surface area contributed by atoms with Crippen LogP contribution in [0.3, 0.4) is 0 Å². The Kier molecular flexibility index (Phi) is 3.50. The minimum absolute atomic E-state index is 0.216. The van der Waals surface area contributed by atoms with E-state index in [1.54, 1.807) is 4.90 Å². The van der Waals surface area contributed by atoms with E-state index in [4.69, 9.17) is 5.73 Å². The van der Waals surface area contributed by atoms with Gasteiger partial charge in [0.1, 0.15) is 0 Å². The Morgan fingerprint density at radius 2 is 1.68 bits per heavy atom. The summed E-state index contributed by atoms with van der Waals surface area (Å²) in [5.74, 6) is 1.29. The molecule has 1 aromatic carbocycles. The van der Waals surface area contributed by atoms with Gasteiger partial charge in [0.25, 0.3) is 0 Å². The van der Waals surface area contributed by atoms with Crippen LogP contribution in [0.15, 0.2) is 24.3 Å². The average molecular weight is 258 g/mol. The molecule has 2 rings (SSSR count). The molecule has 1 heterocycles. The van der Waals surface area contributed by atoms with E-state index in [9.17, 15) is 0 Å². The minimum Gasteiger partial charge on any atom is -0.368 e. The highest BCUT2D eigenvalue weighted by molar-refractivity contribution is 5.58. The van der Waals surface area contributed by atoms with Crippen molar-refractivity contribution in [1.29, 1.82) is 0 Å². The Hall–Kier alpha value is -2.37. The van der Waals surface area contributed by atoms with Crippen LogP contribution in [0.2, 0.25) is 0 Å². The van der Waals surface area contributed by atoms with Gasteiger partial charge in [-0.15, -0.1) is 0 Å². The molecule has 0 radical (unpaired) electrons. The number of aromatic nitrogens is 3. The van der Waals surface area contributed by atoms with Crippen LogP contribution in [0.4, 0.5) is 23.5 Å². The van der Waals surface area contributed by atoms with Crippen molar-refractivity contribution < 1.29 is 0 Å². The van der Waals surface area contributed by atoms with Crippen molar-refractivity contribution in [2.45, 2.75) is 6.92 Å². The van der Waals surface area contributed by atoms with Crippen molar-refractivity contribution in [2.75, 3.05) is 36.7 Å². The van der Waals surface area contributed by atoms with Gasteiger partial charge in [0, 0.05) is 26.8 Å². The fourth-order valence-corrected chi connectivity index (χ4v) is 1.67.